The molecule has 0 bridgehead atoms. The van der Waals surface area contributed by atoms with Crippen LogP contribution in [0.15, 0.2) is 0 Å². The zero-order chi connectivity index (χ0) is 12.1. The predicted molar refractivity (Wildman–Crippen MR) is 63.1 cm³/mol. The second-order valence-electron chi connectivity index (χ2n) is 5.37. The van der Waals surface area contributed by atoms with Gasteiger partial charge < -0.3 is 9.84 Å². The van der Waals surface area contributed by atoms with Crippen LogP contribution in [0.1, 0.15) is 42.5 Å². The second kappa shape index (κ2) is 3.41. The smallest absolute Gasteiger partial charge is 0.126 e. The first-order valence-corrected chi connectivity index (χ1v) is 5.82. The Morgan fingerprint density at radius 2 is 1.69 bits per heavy atom. The third kappa shape index (κ3) is 1.57. The maximum absolute atomic E-state index is 12.0. The van der Waals surface area contributed by atoms with Crippen LogP contribution in [-0.4, -0.2) is 5.60 Å². The Morgan fingerprint density at radius 1 is 1.06 bits per heavy atom. The fourth-order valence-corrected chi connectivity index (χ4v) is 2.35. The molecule has 0 aromatic heterocycles. The molecule has 16 heavy (non-hydrogen) atoms. The van der Waals surface area contributed by atoms with E-state index in [-0.39, 0.29) is 11.4 Å². The lowest BCUT2D eigenvalue weighted by Crippen LogP contribution is -2.33. The Bertz CT molecular complexity index is 445. The maximum Gasteiger partial charge on any atom is 0.126 e. The average Bonchev–Trinajstić information content (AvgIpc) is 2.22. The number of ether oxygens (including phenoxy) is 1. The van der Waals surface area contributed by atoms with Crippen molar-refractivity contribution in [1.82, 2.24) is 0 Å². The van der Waals surface area contributed by atoms with Crippen molar-refractivity contribution in [3.05, 3.63) is 22.3 Å². The van der Waals surface area contributed by atoms with Gasteiger partial charge in [0, 0.05) is 0 Å². The van der Waals surface area contributed by atoms with Gasteiger partial charge in [-0.05, 0) is 58.6 Å². The molecule has 0 amide bonds. The monoisotopic (exact) mass is 219 g/mol. The molecule has 0 radical (unpaired) electrons. The van der Waals surface area contributed by atoms with Crippen molar-refractivity contribution < 1.29 is 9.84 Å². The van der Waals surface area contributed by atoms with Gasteiger partial charge in [0.2, 0.25) is 0 Å². The van der Waals surface area contributed by atoms with Crippen LogP contribution in [0.5, 0.6) is 11.5 Å². The van der Waals surface area contributed by atoms with Crippen molar-refractivity contribution in [2.75, 3.05) is 0 Å². The van der Waals surface area contributed by atoms with Crippen molar-refractivity contribution in [3.8, 4) is 11.5 Å². The summed E-state index contributed by atoms with van der Waals surface area (Å²) < 4.78 is 6.03. The molecule has 0 saturated carbocycles. The normalized spacial score (nSPS) is 17.8. The molecule has 2 nitrogen and oxygen atoms in total. The van der Waals surface area contributed by atoms with E-state index in [2.05, 4.69) is 13.8 Å². The molecule has 88 valence electrons. The molecule has 0 atom stereocenters. The quantitative estimate of drug-likeness (QED) is 0.672. The number of rotatable bonds is 0. The highest BCUT2D eigenvalue weighted by Crippen LogP contribution is 2.42. The first-order chi connectivity index (χ1) is 7.33. The molecule has 0 fully saturated rings. The molecule has 1 aromatic carbocycles. The van der Waals surface area contributed by atoms with Gasteiger partial charge in [-0.1, -0.05) is 11.1 Å². The molecule has 2 rings (SSSR count). The topological polar surface area (TPSA) is 32.3 Å². The molecule has 2 heteroatoms. The molecule has 1 aliphatic heterocycles. The van der Waals surface area contributed by atoms with Crippen molar-refractivity contribution in [2.24, 2.45) is 0 Å². The summed E-state index contributed by atoms with van der Waals surface area (Å²) in [4.78, 5) is 0. The van der Waals surface area contributed by atoms with Gasteiger partial charge in [-0.3, -0.25) is 0 Å². The summed E-state index contributed by atoms with van der Waals surface area (Å²) >= 11 is 0. The zero-order valence-corrected chi connectivity index (χ0v) is 10.7. The summed E-state index contributed by atoms with van der Waals surface area (Å²) in [7, 11) is 0. The summed E-state index contributed by atoms with van der Waals surface area (Å²) in [5.74, 6) is 1.13. The highest BCUT2D eigenvalue weighted by atomic mass is 16.5. The molecule has 0 N–H and O–H groups in total. The van der Waals surface area contributed by atoms with Gasteiger partial charge >= 0.3 is 0 Å². The van der Waals surface area contributed by atoms with Gasteiger partial charge in [0.25, 0.3) is 0 Å². The minimum atomic E-state index is -0.110. The van der Waals surface area contributed by atoms with E-state index in [1.54, 1.807) is 0 Å². The lowest BCUT2D eigenvalue weighted by atomic mass is 9.88. The molecule has 0 aliphatic carbocycles. The van der Waals surface area contributed by atoms with Crippen molar-refractivity contribution in [3.63, 3.8) is 0 Å². The minimum Gasteiger partial charge on any atom is -0.872 e. The summed E-state index contributed by atoms with van der Waals surface area (Å²) in [6, 6.07) is 0. The predicted octanol–water partition coefficient (Wildman–Crippen LogP) is 2.79. The zero-order valence-electron chi connectivity index (χ0n) is 10.7. The molecule has 1 heterocycles. The summed E-state index contributed by atoms with van der Waals surface area (Å²) in [5, 5.41) is 12.0. The Kier molecular flexibility index (Phi) is 2.41. The lowest BCUT2D eigenvalue weighted by Gasteiger charge is -2.36. The van der Waals surface area contributed by atoms with E-state index in [9.17, 15) is 5.11 Å². The van der Waals surface area contributed by atoms with E-state index < -0.39 is 0 Å². The van der Waals surface area contributed by atoms with Gasteiger partial charge in [0.1, 0.15) is 11.4 Å². The second-order valence-corrected chi connectivity index (χ2v) is 5.37. The van der Waals surface area contributed by atoms with E-state index in [0.29, 0.717) is 0 Å². The number of hydrogen-bond donors (Lipinski definition) is 0. The van der Waals surface area contributed by atoms with Crippen LogP contribution in [0.4, 0.5) is 0 Å². The average molecular weight is 219 g/mol. The van der Waals surface area contributed by atoms with E-state index in [0.717, 1.165) is 40.8 Å². The third-order valence-electron chi connectivity index (χ3n) is 3.67. The van der Waals surface area contributed by atoms with Crippen LogP contribution in [-0.2, 0) is 6.42 Å². The highest BCUT2D eigenvalue weighted by molar-refractivity contribution is 5.57. The van der Waals surface area contributed by atoms with E-state index in [4.69, 9.17) is 4.74 Å². The fraction of sp³-hybridized carbons (Fsp3) is 0.571. The van der Waals surface area contributed by atoms with Crippen LogP contribution < -0.4 is 9.84 Å². The first-order valence-electron chi connectivity index (χ1n) is 5.82. The van der Waals surface area contributed by atoms with E-state index in [1.807, 2.05) is 20.8 Å². The Hall–Kier alpha value is -1.18. The molecular formula is C14H19O2-. The Morgan fingerprint density at radius 3 is 2.31 bits per heavy atom. The van der Waals surface area contributed by atoms with Gasteiger partial charge in [-0.15, -0.1) is 5.75 Å². The molecule has 1 aromatic rings. The fourth-order valence-electron chi connectivity index (χ4n) is 2.35. The number of fused-ring (bicyclic) bond motifs is 1. The van der Waals surface area contributed by atoms with Crippen LogP contribution in [0.3, 0.4) is 0 Å². The maximum atomic E-state index is 12.0. The molecule has 0 unspecified atom stereocenters. The van der Waals surface area contributed by atoms with Crippen molar-refractivity contribution >= 4 is 0 Å². The van der Waals surface area contributed by atoms with Gasteiger partial charge in [-0.2, -0.15) is 0 Å². The Labute approximate surface area is 97.3 Å². The molecular weight excluding hydrogens is 200 g/mol. The summed E-state index contributed by atoms with van der Waals surface area (Å²) in [5.41, 5.74) is 3.72. The summed E-state index contributed by atoms with van der Waals surface area (Å²) in [6.07, 6.45) is 1.92. The van der Waals surface area contributed by atoms with Crippen LogP contribution in [0, 0.1) is 20.8 Å². The van der Waals surface area contributed by atoms with E-state index in [1.165, 1.54) is 0 Å². The summed E-state index contributed by atoms with van der Waals surface area (Å²) in [6.45, 7) is 9.98. The van der Waals surface area contributed by atoms with Crippen LogP contribution >= 0.6 is 0 Å². The van der Waals surface area contributed by atoms with Crippen molar-refractivity contribution in [1.29, 1.82) is 0 Å². The molecule has 0 saturated heterocycles. The van der Waals surface area contributed by atoms with E-state index >= 15 is 0 Å². The standard InChI is InChI=1S/C14H20O2/c1-8-9(2)13-11(10(3)12(8)15)6-7-14(4,5)16-13/h15H,6-7H2,1-5H3/p-1. The van der Waals surface area contributed by atoms with Gasteiger partial charge in [-0.25, -0.2) is 0 Å². The largest absolute Gasteiger partial charge is 0.872 e. The number of benzene rings is 1. The number of hydrogen-bond acceptors (Lipinski definition) is 2. The molecule has 0 spiro atoms. The van der Waals surface area contributed by atoms with Gasteiger partial charge in [0.05, 0.1) is 0 Å². The minimum absolute atomic E-state index is 0.110. The van der Waals surface area contributed by atoms with Crippen molar-refractivity contribution in [2.45, 2.75) is 53.1 Å². The lowest BCUT2D eigenvalue weighted by molar-refractivity contribution is -0.270. The first kappa shape index (κ1) is 11.3. The van der Waals surface area contributed by atoms with Crippen LogP contribution in [0.2, 0.25) is 0 Å². The third-order valence-corrected chi connectivity index (χ3v) is 3.67. The SMILES string of the molecule is Cc1c(C)c2c(c(C)c1[O-])CCC(C)(C)O2. The van der Waals surface area contributed by atoms with Gasteiger partial charge in [0.15, 0.2) is 0 Å². The molecule has 1 aliphatic rings. The van der Waals surface area contributed by atoms with Crippen LogP contribution in [0.25, 0.3) is 0 Å². The Balaban J connectivity index is 2.65. The highest BCUT2D eigenvalue weighted by Gasteiger charge is 2.29.